The Morgan fingerprint density at radius 3 is 2.50 bits per heavy atom. The molecule has 0 saturated heterocycles. The van der Waals surface area contributed by atoms with Gasteiger partial charge in [-0.15, -0.1) is 0 Å². The number of halogens is 4. The number of benzene rings is 1. The van der Waals surface area contributed by atoms with E-state index in [-0.39, 0.29) is 21.4 Å². The van der Waals surface area contributed by atoms with Crippen molar-refractivity contribution in [2.75, 3.05) is 0 Å². The van der Waals surface area contributed by atoms with Crippen LogP contribution in [0.25, 0.3) is 11.3 Å². The molecule has 0 aliphatic heterocycles. The van der Waals surface area contributed by atoms with Crippen molar-refractivity contribution in [3.63, 3.8) is 0 Å². The first-order chi connectivity index (χ1) is 7.61. The maximum atomic E-state index is 13.8. The smallest absolute Gasteiger partial charge is 0.155 e. The van der Waals surface area contributed by atoms with E-state index < -0.39 is 5.82 Å². The predicted octanol–water partition coefficient (Wildman–Crippen LogP) is 4.35. The molecule has 0 unspecified atom stereocenters. The van der Waals surface area contributed by atoms with Gasteiger partial charge in [-0.25, -0.2) is 9.37 Å². The van der Waals surface area contributed by atoms with Crippen molar-refractivity contribution in [2.45, 2.75) is 0 Å². The molecule has 0 aliphatic rings. The summed E-state index contributed by atoms with van der Waals surface area (Å²) in [6.45, 7) is 0. The highest BCUT2D eigenvalue weighted by Gasteiger charge is 2.15. The zero-order chi connectivity index (χ0) is 11.7. The lowest BCUT2D eigenvalue weighted by Gasteiger charge is -2.06. The Labute approximate surface area is 110 Å². The second-order valence-electron chi connectivity index (χ2n) is 2.92. The van der Waals surface area contributed by atoms with E-state index >= 15 is 0 Å². The minimum atomic E-state index is -0.571. The van der Waals surface area contributed by atoms with Crippen LogP contribution in [-0.4, -0.2) is 9.97 Å². The molecule has 0 spiro atoms. The zero-order valence-corrected chi connectivity index (χ0v) is 10.8. The molecule has 0 atom stereocenters. The van der Waals surface area contributed by atoms with Gasteiger partial charge in [0.1, 0.15) is 5.69 Å². The lowest BCUT2D eigenvalue weighted by atomic mass is 10.1. The minimum absolute atomic E-state index is 0.000722. The average Bonchev–Trinajstić information content (AvgIpc) is 2.28. The van der Waals surface area contributed by atoms with Crippen molar-refractivity contribution in [3.05, 3.63) is 45.0 Å². The van der Waals surface area contributed by atoms with Gasteiger partial charge in [-0.2, -0.15) is 0 Å². The van der Waals surface area contributed by atoms with Gasteiger partial charge in [-0.05, 0) is 28.1 Å². The summed E-state index contributed by atoms with van der Waals surface area (Å²) in [5.74, 6) is -0.571. The Balaban J connectivity index is 2.66. The highest BCUT2D eigenvalue weighted by Crippen LogP contribution is 2.34. The fourth-order valence-corrected chi connectivity index (χ4v) is 1.89. The third-order valence-corrected chi connectivity index (χ3v) is 3.48. The summed E-state index contributed by atoms with van der Waals surface area (Å²) in [7, 11) is 0. The Bertz CT molecular complexity index is 548. The van der Waals surface area contributed by atoms with Crippen molar-refractivity contribution in [1.29, 1.82) is 0 Å². The van der Waals surface area contributed by atoms with Gasteiger partial charge < -0.3 is 0 Å². The van der Waals surface area contributed by atoms with Crippen molar-refractivity contribution >= 4 is 39.1 Å². The molecule has 0 amide bonds. The first-order valence-electron chi connectivity index (χ1n) is 4.21. The van der Waals surface area contributed by atoms with Gasteiger partial charge in [-0.3, -0.25) is 4.98 Å². The number of hydrogen-bond donors (Lipinski definition) is 0. The van der Waals surface area contributed by atoms with E-state index in [9.17, 15) is 4.39 Å². The summed E-state index contributed by atoms with van der Waals surface area (Å²) in [4.78, 5) is 7.80. The maximum absolute atomic E-state index is 13.8. The molecular formula is C10H4BrCl2FN2. The molecule has 0 N–H and O–H groups in total. The summed E-state index contributed by atoms with van der Waals surface area (Å²) in [5.41, 5.74) is 0.502. The molecule has 1 aromatic carbocycles. The van der Waals surface area contributed by atoms with E-state index in [1.54, 1.807) is 12.1 Å². The van der Waals surface area contributed by atoms with Gasteiger partial charge in [0, 0.05) is 22.4 Å². The van der Waals surface area contributed by atoms with Gasteiger partial charge in [0.05, 0.1) is 5.02 Å². The molecule has 2 nitrogen and oxygen atoms in total. The van der Waals surface area contributed by atoms with Crippen molar-refractivity contribution < 1.29 is 4.39 Å². The van der Waals surface area contributed by atoms with E-state index in [0.717, 1.165) is 0 Å². The quantitative estimate of drug-likeness (QED) is 0.730. The molecule has 1 heterocycles. The molecule has 0 saturated carbocycles. The fraction of sp³-hybridized carbons (Fsp3) is 0. The predicted molar refractivity (Wildman–Crippen MR) is 65.1 cm³/mol. The zero-order valence-electron chi connectivity index (χ0n) is 7.72. The summed E-state index contributed by atoms with van der Waals surface area (Å²) in [6, 6.07) is 3.17. The first-order valence-corrected chi connectivity index (χ1v) is 5.76. The van der Waals surface area contributed by atoms with Crippen LogP contribution < -0.4 is 0 Å². The lowest BCUT2D eigenvalue weighted by molar-refractivity contribution is 0.630. The number of rotatable bonds is 1. The van der Waals surface area contributed by atoms with Crippen LogP contribution in [0.3, 0.4) is 0 Å². The number of hydrogen-bond acceptors (Lipinski definition) is 2. The summed E-state index contributed by atoms with van der Waals surface area (Å²) < 4.78 is 14.3. The van der Waals surface area contributed by atoms with Gasteiger partial charge in [-0.1, -0.05) is 23.2 Å². The molecule has 0 bridgehead atoms. The molecule has 0 aliphatic carbocycles. The first kappa shape index (κ1) is 11.8. The molecule has 16 heavy (non-hydrogen) atoms. The van der Waals surface area contributed by atoms with E-state index in [1.807, 2.05) is 0 Å². The Morgan fingerprint density at radius 1 is 1.12 bits per heavy atom. The van der Waals surface area contributed by atoms with Gasteiger partial charge in [0.25, 0.3) is 0 Å². The van der Waals surface area contributed by atoms with Crippen molar-refractivity contribution in [3.8, 4) is 11.3 Å². The van der Waals surface area contributed by atoms with Crippen LogP contribution in [0.15, 0.2) is 29.0 Å². The maximum Gasteiger partial charge on any atom is 0.155 e. The van der Waals surface area contributed by atoms with Crippen molar-refractivity contribution in [2.24, 2.45) is 0 Å². The highest BCUT2D eigenvalue weighted by atomic mass is 79.9. The number of aromatic nitrogens is 2. The Kier molecular flexibility index (Phi) is 3.42. The highest BCUT2D eigenvalue weighted by molar-refractivity contribution is 9.10. The third-order valence-electron chi connectivity index (χ3n) is 1.94. The van der Waals surface area contributed by atoms with E-state index in [2.05, 4.69) is 25.9 Å². The summed E-state index contributed by atoms with van der Waals surface area (Å²) in [6.07, 6.45) is 2.88. The molecule has 82 valence electrons. The van der Waals surface area contributed by atoms with Gasteiger partial charge in [0.2, 0.25) is 0 Å². The Morgan fingerprint density at radius 2 is 1.81 bits per heavy atom. The SMILES string of the molecule is Fc1c(-c2nccnc2Cl)ccc(Br)c1Cl. The van der Waals surface area contributed by atoms with E-state index in [0.29, 0.717) is 4.47 Å². The minimum Gasteiger partial charge on any atom is -0.251 e. The monoisotopic (exact) mass is 320 g/mol. The fourth-order valence-electron chi connectivity index (χ4n) is 1.21. The topological polar surface area (TPSA) is 25.8 Å². The summed E-state index contributed by atoms with van der Waals surface area (Å²) in [5, 5.41) is 0.138. The lowest BCUT2D eigenvalue weighted by Crippen LogP contribution is -1.92. The molecule has 0 fully saturated rings. The third kappa shape index (κ3) is 2.05. The molecule has 2 rings (SSSR count). The van der Waals surface area contributed by atoms with Crippen LogP contribution >= 0.6 is 39.1 Å². The average molecular weight is 322 g/mol. The second-order valence-corrected chi connectivity index (χ2v) is 4.51. The standard InChI is InChI=1S/C10H4BrCl2FN2/c11-6-2-1-5(8(14)7(6)12)9-10(13)16-4-3-15-9/h1-4H. The number of nitrogens with zero attached hydrogens (tertiary/aromatic N) is 2. The molecule has 0 radical (unpaired) electrons. The molecule has 6 heteroatoms. The molecular weight excluding hydrogens is 318 g/mol. The summed E-state index contributed by atoms with van der Waals surface area (Å²) >= 11 is 14.7. The van der Waals surface area contributed by atoms with Gasteiger partial charge in [0.15, 0.2) is 11.0 Å². The van der Waals surface area contributed by atoms with Crippen LogP contribution in [0.1, 0.15) is 0 Å². The normalized spacial score (nSPS) is 10.5. The van der Waals surface area contributed by atoms with Crippen molar-refractivity contribution in [1.82, 2.24) is 9.97 Å². The molecule has 1 aromatic heterocycles. The van der Waals surface area contributed by atoms with Gasteiger partial charge >= 0.3 is 0 Å². The van der Waals surface area contributed by atoms with Crippen LogP contribution in [0.5, 0.6) is 0 Å². The van der Waals surface area contributed by atoms with E-state index in [1.165, 1.54) is 12.4 Å². The van der Waals surface area contributed by atoms with E-state index in [4.69, 9.17) is 23.2 Å². The molecule has 2 aromatic rings. The van der Waals surface area contributed by atoms with Crippen LogP contribution in [0.4, 0.5) is 4.39 Å². The van der Waals surface area contributed by atoms with Crippen LogP contribution in [0.2, 0.25) is 10.2 Å². The largest absolute Gasteiger partial charge is 0.251 e. The van der Waals surface area contributed by atoms with Crippen LogP contribution in [-0.2, 0) is 0 Å². The Hall–Kier alpha value is -0.710. The van der Waals surface area contributed by atoms with Crippen LogP contribution in [0, 0.1) is 5.82 Å². The second kappa shape index (κ2) is 4.65.